The predicted molar refractivity (Wildman–Crippen MR) is 88.6 cm³/mol. The van der Waals surface area contributed by atoms with Crippen molar-refractivity contribution in [2.75, 3.05) is 0 Å². The molecule has 0 unspecified atom stereocenters. The number of ether oxygens (including phenoxy) is 1. The van der Waals surface area contributed by atoms with E-state index in [0.717, 1.165) is 18.4 Å². The highest BCUT2D eigenvalue weighted by Gasteiger charge is 2.76. The van der Waals surface area contributed by atoms with Gasteiger partial charge in [-0.15, -0.1) is 0 Å². The summed E-state index contributed by atoms with van der Waals surface area (Å²) < 4.78 is 6.48. The highest BCUT2D eigenvalue weighted by molar-refractivity contribution is 5.27. The third kappa shape index (κ3) is 1.64. The Kier molecular flexibility index (Phi) is 2.89. The summed E-state index contributed by atoms with van der Waals surface area (Å²) >= 11 is 0. The fraction of sp³-hybridized carbons (Fsp3) is 0.900. The van der Waals surface area contributed by atoms with Crippen LogP contribution in [0.5, 0.6) is 0 Å². The van der Waals surface area contributed by atoms with Crippen molar-refractivity contribution >= 4 is 0 Å². The van der Waals surface area contributed by atoms with Gasteiger partial charge in [-0.05, 0) is 80.1 Å². The molecule has 22 heavy (non-hydrogen) atoms. The number of aliphatic hydroxyl groups is 1. The molecular weight excluding hydrogens is 272 g/mol. The average molecular weight is 304 g/mol. The molecule has 2 heteroatoms. The summed E-state index contributed by atoms with van der Waals surface area (Å²) in [6.07, 6.45) is 7.82. The van der Waals surface area contributed by atoms with Crippen molar-refractivity contribution in [1.29, 1.82) is 0 Å². The first-order chi connectivity index (χ1) is 10.2. The Morgan fingerprint density at radius 2 is 1.77 bits per heavy atom. The lowest BCUT2D eigenvalue weighted by atomic mass is 9.49. The largest absolute Gasteiger partial charge is 0.389 e. The maximum absolute atomic E-state index is 10.3. The van der Waals surface area contributed by atoms with E-state index in [4.69, 9.17) is 4.74 Å². The zero-order chi connectivity index (χ0) is 16.0. The molecule has 0 aromatic carbocycles. The van der Waals surface area contributed by atoms with Gasteiger partial charge in [-0.25, -0.2) is 0 Å². The van der Waals surface area contributed by atoms with Crippen molar-refractivity contribution in [2.45, 2.75) is 89.9 Å². The van der Waals surface area contributed by atoms with Gasteiger partial charge in [0.25, 0.3) is 0 Å². The molecule has 1 aliphatic heterocycles. The van der Waals surface area contributed by atoms with E-state index in [2.05, 4.69) is 34.3 Å². The summed E-state index contributed by atoms with van der Waals surface area (Å²) in [5, 5.41) is 10.3. The number of hydrogen-bond acceptors (Lipinski definition) is 2. The normalized spacial score (nSPS) is 56.4. The number of aliphatic hydroxyl groups excluding tert-OH is 1. The second-order valence-electron chi connectivity index (χ2n) is 9.69. The number of epoxide rings is 1. The monoisotopic (exact) mass is 304 g/mol. The van der Waals surface area contributed by atoms with E-state index in [0.29, 0.717) is 17.3 Å². The van der Waals surface area contributed by atoms with Crippen LogP contribution in [0, 0.1) is 22.7 Å². The first kappa shape index (κ1) is 15.2. The van der Waals surface area contributed by atoms with E-state index < -0.39 is 0 Å². The summed E-state index contributed by atoms with van der Waals surface area (Å²) in [6, 6.07) is 0. The molecule has 0 radical (unpaired) electrons. The first-order valence-corrected chi connectivity index (χ1v) is 9.22. The predicted octanol–water partition coefficient (Wildman–Crippen LogP) is 4.47. The highest BCUT2D eigenvalue weighted by atomic mass is 16.6. The Balaban J connectivity index is 1.73. The smallest absolute Gasteiger partial charge is 0.103 e. The molecule has 1 N–H and O–H groups in total. The Morgan fingerprint density at radius 3 is 2.50 bits per heavy atom. The second kappa shape index (κ2) is 4.19. The van der Waals surface area contributed by atoms with Crippen molar-refractivity contribution < 1.29 is 9.84 Å². The van der Waals surface area contributed by atoms with Crippen LogP contribution < -0.4 is 0 Å². The van der Waals surface area contributed by atoms with Gasteiger partial charge in [-0.1, -0.05) is 27.4 Å². The zero-order valence-corrected chi connectivity index (χ0v) is 14.7. The van der Waals surface area contributed by atoms with Crippen LogP contribution in [0.4, 0.5) is 0 Å². The maximum atomic E-state index is 10.3. The Hall–Kier alpha value is -0.340. The molecule has 3 aliphatic carbocycles. The summed E-state index contributed by atoms with van der Waals surface area (Å²) in [5.74, 6) is 1.18. The Labute approximate surface area is 135 Å². The third-order valence-corrected chi connectivity index (χ3v) is 8.52. The van der Waals surface area contributed by atoms with Crippen LogP contribution in [0.3, 0.4) is 0 Å². The van der Waals surface area contributed by atoms with Crippen LogP contribution in [0.15, 0.2) is 12.2 Å². The van der Waals surface area contributed by atoms with Crippen LogP contribution in [-0.4, -0.2) is 22.4 Å². The number of fused-ring (bicyclic) bond motifs is 2. The van der Waals surface area contributed by atoms with Gasteiger partial charge in [0.05, 0.1) is 11.7 Å². The second-order valence-corrected chi connectivity index (χ2v) is 9.69. The van der Waals surface area contributed by atoms with Crippen molar-refractivity contribution in [1.82, 2.24) is 0 Å². The molecule has 0 aromatic rings. The number of rotatable bonds is 0. The van der Waals surface area contributed by atoms with E-state index in [1.165, 1.54) is 32.1 Å². The lowest BCUT2D eigenvalue weighted by Gasteiger charge is -2.54. The minimum Gasteiger partial charge on any atom is -0.389 e. The lowest BCUT2D eigenvalue weighted by Crippen LogP contribution is -2.53. The standard InChI is InChI=1S/C20H32O2/c1-13-15-12-14-6-9-19(5)20(22-19,17(14,2)3)11-10-18(15,4)8-7-16(13)21/h14-16,21H,1,6-12H2,2-5H3/t14-,15+,16-,18-,19+,20-/m0/s1. The van der Waals surface area contributed by atoms with Crippen molar-refractivity contribution in [3.63, 3.8) is 0 Å². The summed E-state index contributed by atoms with van der Waals surface area (Å²) in [4.78, 5) is 0. The molecule has 6 atom stereocenters. The molecule has 2 bridgehead atoms. The van der Waals surface area contributed by atoms with Crippen LogP contribution in [-0.2, 0) is 4.74 Å². The van der Waals surface area contributed by atoms with Gasteiger partial charge in [0.15, 0.2) is 0 Å². The van der Waals surface area contributed by atoms with Crippen molar-refractivity contribution in [2.24, 2.45) is 22.7 Å². The van der Waals surface area contributed by atoms with Crippen molar-refractivity contribution in [3.8, 4) is 0 Å². The van der Waals surface area contributed by atoms with Gasteiger partial charge in [-0.3, -0.25) is 0 Å². The van der Waals surface area contributed by atoms with Crippen molar-refractivity contribution in [3.05, 3.63) is 12.2 Å². The van der Waals surface area contributed by atoms with Gasteiger partial charge >= 0.3 is 0 Å². The molecule has 2 nitrogen and oxygen atoms in total. The number of hydrogen-bond donors (Lipinski definition) is 1. The van der Waals surface area contributed by atoms with Gasteiger partial charge in [0, 0.05) is 0 Å². The molecule has 1 saturated heterocycles. The average Bonchev–Trinajstić information content (AvgIpc) is 3.08. The summed E-state index contributed by atoms with van der Waals surface area (Å²) in [5.41, 5.74) is 1.90. The zero-order valence-electron chi connectivity index (χ0n) is 14.7. The van der Waals surface area contributed by atoms with Gasteiger partial charge in [-0.2, -0.15) is 0 Å². The molecule has 4 rings (SSSR count). The van der Waals surface area contributed by atoms with Crippen LogP contribution in [0.2, 0.25) is 0 Å². The fourth-order valence-electron chi connectivity index (χ4n) is 6.60. The molecule has 124 valence electrons. The minimum atomic E-state index is -0.277. The summed E-state index contributed by atoms with van der Waals surface area (Å²) in [6.45, 7) is 14.0. The molecule has 3 saturated carbocycles. The van der Waals surface area contributed by atoms with Crippen LogP contribution in [0.1, 0.15) is 72.6 Å². The maximum Gasteiger partial charge on any atom is 0.103 e. The molecule has 1 spiro atoms. The highest BCUT2D eigenvalue weighted by Crippen LogP contribution is 2.72. The third-order valence-electron chi connectivity index (χ3n) is 8.52. The molecule has 1 heterocycles. The molecule has 0 aromatic heterocycles. The summed E-state index contributed by atoms with van der Waals surface area (Å²) in [7, 11) is 0. The SMILES string of the molecule is C=C1[C@H]2C[C@@H]3CC[C@@]4(C)O[C@@]4(CC[C@]2(C)CC[C@@H]1O)C3(C)C. The molecule has 4 aliphatic rings. The van der Waals surface area contributed by atoms with Crippen LogP contribution >= 0.6 is 0 Å². The van der Waals surface area contributed by atoms with Gasteiger partial charge in [0.1, 0.15) is 5.60 Å². The van der Waals surface area contributed by atoms with E-state index in [9.17, 15) is 5.11 Å². The molecule has 4 fully saturated rings. The first-order valence-electron chi connectivity index (χ1n) is 9.22. The molecular formula is C20H32O2. The van der Waals surface area contributed by atoms with E-state index >= 15 is 0 Å². The van der Waals surface area contributed by atoms with Crippen LogP contribution in [0.25, 0.3) is 0 Å². The minimum absolute atomic E-state index is 0.105. The van der Waals surface area contributed by atoms with Gasteiger partial charge in [0.2, 0.25) is 0 Å². The van der Waals surface area contributed by atoms with E-state index in [1.807, 2.05) is 0 Å². The Bertz CT molecular complexity index is 524. The quantitative estimate of drug-likeness (QED) is 0.529. The molecule has 0 amide bonds. The van der Waals surface area contributed by atoms with E-state index in [-0.39, 0.29) is 22.7 Å². The fourth-order valence-corrected chi connectivity index (χ4v) is 6.60. The lowest BCUT2D eigenvalue weighted by molar-refractivity contribution is -0.0319. The Morgan fingerprint density at radius 1 is 1.05 bits per heavy atom. The topological polar surface area (TPSA) is 32.8 Å². The van der Waals surface area contributed by atoms with E-state index in [1.54, 1.807) is 0 Å². The van der Waals surface area contributed by atoms with Gasteiger partial charge < -0.3 is 9.84 Å².